The van der Waals surface area contributed by atoms with Gasteiger partial charge in [-0.05, 0) is 75.8 Å². The minimum Gasteiger partial charge on any atom is -0.492 e. The van der Waals surface area contributed by atoms with Gasteiger partial charge >= 0.3 is 5.97 Å². The lowest BCUT2D eigenvalue weighted by Crippen LogP contribution is -2.39. The molecular weight excluding hydrogens is 547 g/mol. The largest absolute Gasteiger partial charge is 0.492 e. The van der Waals surface area contributed by atoms with E-state index in [4.69, 9.17) is 9.47 Å². The molecule has 1 saturated heterocycles. The molecule has 226 valence electrons. The van der Waals surface area contributed by atoms with E-state index >= 15 is 0 Å². The number of aryl methyl sites for hydroxylation is 1. The van der Waals surface area contributed by atoms with Crippen LogP contribution in [-0.4, -0.2) is 46.3 Å². The molecule has 42 heavy (non-hydrogen) atoms. The monoisotopic (exact) mass is 585 g/mol. The lowest BCUT2D eigenvalue weighted by molar-refractivity contribution is -0.160. The highest BCUT2D eigenvalue weighted by Gasteiger charge is 2.36. The number of hydrogen-bond donors (Lipinski definition) is 1. The Balaban J connectivity index is 1.65. The van der Waals surface area contributed by atoms with Crippen molar-refractivity contribution in [3.05, 3.63) is 70.9 Å². The van der Waals surface area contributed by atoms with Crippen LogP contribution in [0, 0.1) is 29.8 Å². The standard InChI is InChI=1S/C32H38F3N3O4/c1-19-26(29(30(39)40)42-31(2,3)4)28(38-12-10-32(5,6)11-13-38)22(18-36-19)25-8-7-21(17-37-25)41-14-9-20-15-23(33)27(35)24(34)16-20/h7-8,15-18,29H,9-14H2,1-6H3,(H,39,40)/t29-/m0/s1. The summed E-state index contributed by atoms with van der Waals surface area (Å²) in [6.07, 6.45) is 4.06. The van der Waals surface area contributed by atoms with Crippen molar-refractivity contribution in [3.63, 3.8) is 0 Å². The van der Waals surface area contributed by atoms with E-state index in [1.807, 2.05) is 20.8 Å². The van der Waals surface area contributed by atoms with Crippen LogP contribution in [0.2, 0.25) is 0 Å². The number of halogens is 3. The molecule has 7 nitrogen and oxygen atoms in total. The molecule has 2 aromatic heterocycles. The van der Waals surface area contributed by atoms with Crippen LogP contribution >= 0.6 is 0 Å². The van der Waals surface area contributed by atoms with Crippen molar-refractivity contribution < 1.29 is 32.5 Å². The van der Waals surface area contributed by atoms with E-state index in [2.05, 4.69) is 28.7 Å². The van der Waals surface area contributed by atoms with E-state index in [0.717, 1.165) is 43.8 Å². The van der Waals surface area contributed by atoms with Gasteiger partial charge in [0.2, 0.25) is 0 Å². The van der Waals surface area contributed by atoms with Crippen molar-refractivity contribution in [1.29, 1.82) is 0 Å². The van der Waals surface area contributed by atoms with E-state index in [-0.39, 0.29) is 24.0 Å². The Hall–Kier alpha value is -3.66. The van der Waals surface area contributed by atoms with Crippen LogP contribution in [0.15, 0.2) is 36.7 Å². The molecule has 1 aliphatic rings. The number of carbonyl (C=O) groups is 1. The highest BCUT2D eigenvalue weighted by molar-refractivity contribution is 5.85. The van der Waals surface area contributed by atoms with Crippen molar-refractivity contribution in [2.75, 3.05) is 24.6 Å². The Morgan fingerprint density at radius 1 is 1.07 bits per heavy atom. The maximum atomic E-state index is 13.5. The van der Waals surface area contributed by atoms with Crippen LogP contribution < -0.4 is 9.64 Å². The zero-order valence-corrected chi connectivity index (χ0v) is 24.9. The van der Waals surface area contributed by atoms with Gasteiger partial charge in [0.05, 0.1) is 29.8 Å². The summed E-state index contributed by atoms with van der Waals surface area (Å²) in [7, 11) is 0. The second-order valence-corrected chi connectivity index (χ2v) is 12.5. The SMILES string of the molecule is Cc1ncc(-c2ccc(OCCc3cc(F)c(F)c(F)c3)cn2)c(N2CCC(C)(C)CC2)c1[C@H](OC(C)(C)C)C(=O)O. The van der Waals surface area contributed by atoms with Crippen molar-refractivity contribution >= 4 is 11.7 Å². The minimum absolute atomic E-state index is 0.0982. The van der Waals surface area contributed by atoms with Crippen LogP contribution in [0.5, 0.6) is 5.75 Å². The molecule has 4 rings (SSSR count). The maximum Gasteiger partial charge on any atom is 0.337 e. The average Bonchev–Trinajstić information content (AvgIpc) is 2.90. The number of nitrogens with zero attached hydrogens (tertiary/aromatic N) is 3. The predicted molar refractivity (Wildman–Crippen MR) is 154 cm³/mol. The number of carboxylic acid groups (broad SMARTS) is 1. The first kappa shape index (κ1) is 31.3. The smallest absolute Gasteiger partial charge is 0.337 e. The molecular formula is C32H38F3N3O4. The summed E-state index contributed by atoms with van der Waals surface area (Å²) in [4.78, 5) is 23.9. The third kappa shape index (κ3) is 7.40. The summed E-state index contributed by atoms with van der Waals surface area (Å²) in [5.74, 6) is -4.65. The molecule has 1 aromatic carbocycles. The summed E-state index contributed by atoms with van der Waals surface area (Å²) < 4.78 is 52.1. The van der Waals surface area contributed by atoms with Crippen molar-refractivity contribution in [1.82, 2.24) is 9.97 Å². The number of carboxylic acids is 1. The fourth-order valence-corrected chi connectivity index (χ4v) is 5.04. The van der Waals surface area contributed by atoms with Crippen molar-refractivity contribution in [2.24, 2.45) is 5.41 Å². The Labute approximate surface area is 244 Å². The average molecular weight is 586 g/mol. The number of benzene rings is 1. The number of anilines is 1. The lowest BCUT2D eigenvalue weighted by atomic mass is 9.82. The molecule has 0 unspecified atom stereocenters. The molecule has 3 aromatic rings. The summed E-state index contributed by atoms with van der Waals surface area (Å²) in [6, 6.07) is 5.38. The Bertz CT molecular complexity index is 1410. The fourth-order valence-electron chi connectivity index (χ4n) is 5.04. The second-order valence-electron chi connectivity index (χ2n) is 12.5. The Kier molecular flexibility index (Phi) is 9.15. The molecule has 0 spiro atoms. The number of ether oxygens (including phenoxy) is 2. The molecule has 0 aliphatic carbocycles. The minimum atomic E-state index is -1.50. The molecule has 0 bridgehead atoms. The van der Waals surface area contributed by atoms with Crippen LogP contribution in [0.1, 0.15) is 70.4 Å². The van der Waals surface area contributed by atoms with Gasteiger partial charge in [-0.2, -0.15) is 0 Å². The Morgan fingerprint density at radius 3 is 2.26 bits per heavy atom. The zero-order chi connectivity index (χ0) is 30.8. The highest BCUT2D eigenvalue weighted by atomic mass is 19.2. The highest BCUT2D eigenvalue weighted by Crippen LogP contribution is 2.43. The summed E-state index contributed by atoms with van der Waals surface area (Å²) >= 11 is 0. The van der Waals surface area contributed by atoms with Crippen molar-refractivity contribution in [2.45, 2.75) is 72.5 Å². The molecule has 1 fully saturated rings. The van der Waals surface area contributed by atoms with Crippen LogP contribution in [0.3, 0.4) is 0 Å². The van der Waals surface area contributed by atoms with Crippen LogP contribution in [-0.2, 0) is 16.0 Å². The van der Waals surface area contributed by atoms with E-state index < -0.39 is 35.1 Å². The predicted octanol–water partition coefficient (Wildman–Crippen LogP) is 7.06. The third-order valence-electron chi connectivity index (χ3n) is 7.39. The number of piperidine rings is 1. The van der Waals surface area contributed by atoms with Crippen molar-refractivity contribution in [3.8, 4) is 17.0 Å². The van der Waals surface area contributed by atoms with Gasteiger partial charge in [0.15, 0.2) is 23.6 Å². The number of aliphatic carboxylic acids is 1. The molecule has 3 heterocycles. The maximum absolute atomic E-state index is 13.5. The van der Waals surface area contributed by atoms with E-state index in [9.17, 15) is 23.1 Å². The first-order valence-corrected chi connectivity index (χ1v) is 14.0. The second kappa shape index (κ2) is 12.3. The van der Waals surface area contributed by atoms with Gasteiger partial charge in [-0.1, -0.05) is 13.8 Å². The summed E-state index contributed by atoms with van der Waals surface area (Å²) in [5.41, 5.74) is 2.83. The van der Waals surface area contributed by atoms with Crippen LogP contribution in [0.4, 0.5) is 18.9 Å². The molecule has 10 heteroatoms. The third-order valence-corrected chi connectivity index (χ3v) is 7.39. The fraction of sp³-hybridized carbons (Fsp3) is 0.469. The number of hydrogen-bond acceptors (Lipinski definition) is 6. The van der Waals surface area contributed by atoms with Crippen LogP contribution in [0.25, 0.3) is 11.3 Å². The first-order chi connectivity index (χ1) is 19.6. The number of pyridine rings is 2. The normalized spacial score (nSPS) is 15.9. The Morgan fingerprint density at radius 2 is 1.71 bits per heavy atom. The number of rotatable bonds is 9. The topological polar surface area (TPSA) is 84.8 Å². The molecule has 1 N–H and O–H groups in total. The summed E-state index contributed by atoms with van der Waals surface area (Å²) in [6.45, 7) is 13.3. The van der Waals surface area contributed by atoms with Gasteiger partial charge in [0.25, 0.3) is 0 Å². The van der Waals surface area contributed by atoms with E-state index in [0.29, 0.717) is 28.3 Å². The molecule has 0 saturated carbocycles. The van der Waals surface area contributed by atoms with Gasteiger partial charge in [-0.25, -0.2) is 18.0 Å². The van der Waals surface area contributed by atoms with Gasteiger partial charge in [-0.15, -0.1) is 0 Å². The van der Waals surface area contributed by atoms with E-state index in [1.165, 1.54) is 6.20 Å². The first-order valence-electron chi connectivity index (χ1n) is 14.0. The van der Waals surface area contributed by atoms with Gasteiger partial charge in [0, 0.05) is 42.5 Å². The quantitative estimate of drug-likeness (QED) is 0.269. The van der Waals surface area contributed by atoms with E-state index in [1.54, 1.807) is 25.3 Å². The van der Waals surface area contributed by atoms with Gasteiger partial charge in [0.1, 0.15) is 5.75 Å². The van der Waals surface area contributed by atoms with Gasteiger partial charge in [-0.3, -0.25) is 9.97 Å². The number of aromatic nitrogens is 2. The molecule has 1 aliphatic heterocycles. The lowest BCUT2D eigenvalue weighted by Gasteiger charge is -2.40. The summed E-state index contributed by atoms with van der Waals surface area (Å²) in [5, 5.41) is 10.3. The zero-order valence-electron chi connectivity index (χ0n) is 24.9. The molecule has 0 amide bonds. The van der Waals surface area contributed by atoms with Gasteiger partial charge < -0.3 is 19.5 Å². The molecule has 1 atom stereocenters. The molecule has 0 radical (unpaired) electrons.